The van der Waals surface area contributed by atoms with Gasteiger partial charge in [-0.3, -0.25) is 4.98 Å². The van der Waals surface area contributed by atoms with Crippen LogP contribution in [0.5, 0.6) is 0 Å². The lowest BCUT2D eigenvalue weighted by Crippen LogP contribution is -2.20. The van der Waals surface area contributed by atoms with Gasteiger partial charge in [-0.15, -0.1) is 0 Å². The van der Waals surface area contributed by atoms with Crippen LogP contribution in [0.2, 0.25) is 0 Å². The Morgan fingerprint density at radius 1 is 1.33 bits per heavy atom. The molecule has 76 valence electrons. The van der Waals surface area contributed by atoms with E-state index in [0.29, 0.717) is 0 Å². The Kier molecular flexibility index (Phi) is 1.66. The molecule has 1 aromatic rings. The first-order valence-electron chi connectivity index (χ1n) is 5.36. The highest BCUT2D eigenvalue weighted by Crippen LogP contribution is 2.62. The van der Waals surface area contributed by atoms with Gasteiger partial charge < -0.3 is 4.74 Å². The zero-order valence-electron chi connectivity index (χ0n) is 8.44. The average Bonchev–Trinajstić information content (AvgIpc) is 2.67. The molecule has 3 heteroatoms. The second-order valence-electron chi connectivity index (χ2n) is 4.31. The summed E-state index contributed by atoms with van der Waals surface area (Å²) in [5.74, 6) is 0. The summed E-state index contributed by atoms with van der Waals surface area (Å²) in [6.45, 7) is 0. The molecule has 2 aliphatic rings. The summed E-state index contributed by atoms with van der Waals surface area (Å²) >= 11 is 0. The summed E-state index contributed by atoms with van der Waals surface area (Å²) in [5, 5.41) is 9.32. The molecule has 0 N–H and O–H groups in total. The van der Waals surface area contributed by atoms with E-state index < -0.39 is 5.60 Å². The number of epoxide rings is 1. The number of ether oxygens (including phenoxy) is 1. The number of hydrogen-bond donors (Lipinski definition) is 0. The fourth-order valence-electron chi connectivity index (χ4n) is 2.71. The van der Waals surface area contributed by atoms with E-state index in [-0.39, 0.29) is 5.60 Å². The van der Waals surface area contributed by atoms with Crippen molar-refractivity contribution in [3.63, 3.8) is 0 Å². The Hall–Kier alpha value is -1.40. The van der Waals surface area contributed by atoms with E-state index in [0.717, 1.165) is 31.4 Å². The number of nitriles is 1. The Labute approximate surface area is 88.7 Å². The van der Waals surface area contributed by atoms with E-state index in [1.54, 1.807) is 6.20 Å². The maximum Gasteiger partial charge on any atom is 0.226 e. The van der Waals surface area contributed by atoms with Crippen LogP contribution in [-0.4, -0.2) is 10.6 Å². The minimum Gasteiger partial charge on any atom is -0.341 e. The zero-order chi connectivity index (χ0) is 10.4. The highest BCUT2D eigenvalue weighted by atomic mass is 16.6. The molecular weight excluding hydrogens is 188 g/mol. The van der Waals surface area contributed by atoms with Gasteiger partial charge in [0.15, 0.2) is 0 Å². The lowest BCUT2D eigenvalue weighted by molar-refractivity contribution is 0.281. The molecule has 1 saturated carbocycles. The van der Waals surface area contributed by atoms with Crippen LogP contribution in [-0.2, 0) is 10.3 Å². The topological polar surface area (TPSA) is 49.2 Å². The molecule has 0 unspecified atom stereocenters. The van der Waals surface area contributed by atoms with Gasteiger partial charge in [0.1, 0.15) is 11.7 Å². The highest BCUT2D eigenvalue weighted by Gasteiger charge is 2.73. The van der Waals surface area contributed by atoms with Crippen molar-refractivity contribution in [2.45, 2.75) is 36.9 Å². The van der Waals surface area contributed by atoms with Crippen molar-refractivity contribution in [3.8, 4) is 6.07 Å². The van der Waals surface area contributed by atoms with Crippen LogP contribution in [0.25, 0.3) is 0 Å². The Morgan fingerprint density at radius 2 is 2.13 bits per heavy atom. The van der Waals surface area contributed by atoms with Crippen LogP contribution in [0.1, 0.15) is 31.4 Å². The fourth-order valence-corrected chi connectivity index (χ4v) is 2.71. The molecule has 1 aromatic heterocycles. The van der Waals surface area contributed by atoms with Crippen molar-refractivity contribution >= 4 is 0 Å². The zero-order valence-corrected chi connectivity index (χ0v) is 8.44. The van der Waals surface area contributed by atoms with Crippen LogP contribution in [0.15, 0.2) is 24.4 Å². The third-order valence-corrected chi connectivity index (χ3v) is 3.54. The molecular formula is C12H12N2O. The van der Waals surface area contributed by atoms with Gasteiger partial charge in [-0.1, -0.05) is 18.9 Å². The Morgan fingerprint density at radius 3 is 2.73 bits per heavy atom. The second-order valence-corrected chi connectivity index (χ2v) is 4.31. The molecule has 0 aromatic carbocycles. The monoisotopic (exact) mass is 200 g/mol. The Balaban J connectivity index is 2.01. The molecule has 1 spiro atoms. The first-order valence-corrected chi connectivity index (χ1v) is 5.36. The fraction of sp³-hybridized carbons (Fsp3) is 0.500. The number of rotatable bonds is 1. The third-order valence-electron chi connectivity index (χ3n) is 3.54. The van der Waals surface area contributed by atoms with Gasteiger partial charge in [0, 0.05) is 6.20 Å². The molecule has 2 heterocycles. The second kappa shape index (κ2) is 2.80. The summed E-state index contributed by atoms with van der Waals surface area (Å²) in [7, 11) is 0. The molecule has 1 saturated heterocycles. The molecule has 1 aliphatic carbocycles. The first-order chi connectivity index (χ1) is 7.33. The molecule has 2 fully saturated rings. The number of nitrogens with zero attached hydrogens (tertiary/aromatic N) is 2. The minimum absolute atomic E-state index is 0.212. The molecule has 3 rings (SSSR count). The summed E-state index contributed by atoms with van der Waals surface area (Å²) < 4.78 is 5.76. The van der Waals surface area contributed by atoms with E-state index in [1.807, 2.05) is 18.2 Å². The van der Waals surface area contributed by atoms with Crippen molar-refractivity contribution < 1.29 is 4.74 Å². The quantitative estimate of drug-likeness (QED) is 0.652. The molecule has 0 radical (unpaired) electrons. The van der Waals surface area contributed by atoms with Crippen LogP contribution >= 0.6 is 0 Å². The van der Waals surface area contributed by atoms with Crippen LogP contribution in [0, 0.1) is 11.3 Å². The van der Waals surface area contributed by atoms with Gasteiger partial charge in [0.05, 0.1) is 5.69 Å². The van der Waals surface area contributed by atoms with Gasteiger partial charge in [-0.25, -0.2) is 0 Å². The largest absolute Gasteiger partial charge is 0.341 e. The Bertz CT molecular complexity index is 417. The molecule has 1 aliphatic heterocycles. The summed E-state index contributed by atoms with van der Waals surface area (Å²) in [6.07, 6.45) is 6.04. The van der Waals surface area contributed by atoms with E-state index in [4.69, 9.17) is 4.74 Å². The van der Waals surface area contributed by atoms with Gasteiger partial charge in [0.25, 0.3) is 0 Å². The van der Waals surface area contributed by atoms with Crippen molar-refractivity contribution in [2.75, 3.05) is 0 Å². The van der Waals surface area contributed by atoms with Gasteiger partial charge in [0.2, 0.25) is 5.60 Å². The van der Waals surface area contributed by atoms with Crippen molar-refractivity contribution in [1.29, 1.82) is 5.26 Å². The number of pyridine rings is 1. The maximum absolute atomic E-state index is 9.32. The van der Waals surface area contributed by atoms with Gasteiger partial charge in [-0.2, -0.15) is 5.26 Å². The first kappa shape index (κ1) is 8.87. The predicted molar refractivity (Wildman–Crippen MR) is 53.8 cm³/mol. The lowest BCUT2D eigenvalue weighted by Gasteiger charge is -2.07. The SMILES string of the molecule is N#C[C@@]1(c2ccccn2)OC12CCCC2. The van der Waals surface area contributed by atoms with E-state index in [2.05, 4.69) is 11.1 Å². The summed E-state index contributed by atoms with van der Waals surface area (Å²) in [4.78, 5) is 4.26. The van der Waals surface area contributed by atoms with Crippen LogP contribution in [0.4, 0.5) is 0 Å². The van der Waals surface area contributed by atoms with E-state index in [1.165, 1.54) is 0 Å². The van der Waals surface area contributed by atoms with Gasteiger partial charge >= 0.3 is 0 Å². The van der Waals surface area contributed by atoms with E-state index in [9.17, 15) is 5.26 Å². The van der Waals surface area contributed by atoms with Crippen LogP contribution < -0.4 is 0 Å². The average molecular weight is 200 g/mol. The molecule has 15 heavy (non-hydrogen) atoms. The molecule has 1 atom stereocenters. The lowest BCUT2D eigenvalue weighted by atomic mass is 9.89. The van der Waals surface area contributed by atoms with Gasteiger partial charge in [-0.05, 0) is 25.0 Å². The van der Waals surface area contributed by atoms with Crippen molar-refractivity contribution in [3.05, 3.63) is 30.1 Å². The molecule has 0 amide bonds. The smallest absolute Gasteiger partial charge is 0.226 e. The summed E-state index contributed by atoms with van der Waals surface area (Å²) in [6, 6.07) is 7.97. The standard InChI is InChI=1S/C12H12N2O/c13-9-12(10-5-1-4-8-14-10)11(15-12)6-2-3-7-11/h1,4-5,8H,2-3,6-7H2/t12-/m0/s1. The molecule has 3 nitrogen and oxygen atoms in total. The minimum atomic E-state index is -0.745. The number of hydrogen-bond acceptors (Lipinski definition) is 3. The number of aromatic nitrogens is 1. The normalized spacial score (nSPS) is 31.4. The maximum atomic E-state index is 9.32. The summed E-state index contributed by atoms with van der Waals surface area (Å²) in [5.41, 5.74) is -0.185. The predicted octanol–water partition coefficient (Wildman–Crippen LogP) is 2.14. The van der Waals surface area contributed by atoms with Crippen molar-refractivity contribution in [1.82, 2.24) is 4.98 Å². The van der Waals surface area contributed by atoms with Crippen molar-refractivity contribution in [2.24, 2.45) is 0 Å². The van der Waals surface area contributed by atoms with E-state index >= 15 is 0 Å². The third kappa shape index (κ3) is 1.00. The highest BCUT2D eigenvalue weighted by molar-refractivity contribution is 5.37. The van der Waals surface area contributed by atoms with Crippen LogP contribution in [0.3, 0.4) is 0 Å². The molecule has 0 bridgehead atoms.